The van der Waals surface area contributed by atoms with Crippen LogP contribution in [0.25, 0.3) is 0 Å². The predicted molar refractivity (Wildman–Crippen MR) is 34.9 cm³/mol. The molecule has 0 aliphatic carbocycles. The van der Waals surface area contributed by atoms with Crippen molar-refractivity contribution in [2.24, 2.45) is 5.92 Å². The molecule has 3 nitrogen and oxygen atoms in total. The highest BCUT2D eigenvalue weighted by molar-refractivity contribution is 7.84. The van der Waals surface area contributed by atoms with E-state index >= 15 is 0 Å². The molecule has 0 saturated carbocycles. The Morgan fingerprint density at radius 1 is 1.56 bits per heavy atom. The molecule has 1 N–H and O–H groups in total. The van der Waals surface area contributed by atoms with Crippen molar-refractivity contribution in [2.45, 2.75) is 19.1 Å². The molecule has 52 valence electrons. The number of hydrogen-bond acceptors (Lipinski definition) is 2. The molecule has 1 saturated heterocycles. The molecule has 0 spiro atoms. The van der Waals surface area contributed by atoms with Crippen LogP contribution in [0.4, 0.5) is 0 Å². The summed E-state index contributed by atoms with van der Waals surface area (Å²) in [6.45, 7) is 3.59. The highest BCUT2D eigenvalue weighted by Gasteiger charge is 2.33. The normalized spacial score (nSPS) is 42.9. The van der Waals surface area contributed by atoms with E-state index in [4.69, 9.17) is 0 Å². The van der Waals surface area contributed by atoms with Crippen LogP contribution in [-0.4, -0.2) is 15.4 Å². The maximum atomic E-state index is 10.8. The lowest BCUT2D eigenvalue weighted by atomic mass is 10.1. The fourth-order valence-electron chi connectivity index (χ4n) is 0.684. The molecule has 0 aromatic rings. The third kappa shape index (κ3) is 0.986. The molecule has 1 fully saturated rings. The maximum Gasteiger partial charge on any atom is 0.235 e. The fourth-order valence-corrected chi connectivity index (χ4v) is 1.75. The first kappa shape index (κ1) is 6.74. The quantitative estimate of drug-likeness (QED) is 0.516. The van der Waals surface area contributed by atoms with E-state index in [1.54, 1.807) is 13.8 Å². The minimum atomic E-state index is -1.13. The Bertz CT molecular complexity index is 150. The van der Waals surface area contributed by atoms with Crippen molar-refractivity contribution in [3.63, 3.8) is 0 Å². The molecule has 3 unspecified atom stereocenters. The van der Waals surface area contributed by atoms with E-state index in [0.717, 1.165) is 0 Å². The van der Waals surface area contributed by atoms with Gasteiger partial charge in [-0.2, -0.15) is 0 Å². The van der Waals surface area contributed by atoms with Gasteiger partial charge in [-0.25, -0.2) is 4.21 Å². The van der Waals surface area contributed by atoms with Crippen molar-refractivity contribution < 1.29 is 9.00 Å². The summed E-state index contributed by atoms with van der Waals surface area (Å²) in [5.41, 5.74) is 0. The molecule has 4 heteroatoms. The number of carbonyl (C=O) groups is 1. The van der Waals surface area contributed by atoms with Gasteiger partial charge in [0.25, 0.3) is 0 Å². The van der Waals surface area contributed by atoms with Gasteiger partial charge in [0.15, 0.2) is 0 Å². The monoisotopic (exact) mass is 147 g/mol. The van der Waals surface area contributed by atoms with Gasteiger partial charge < -0.3 is 0 Å². The number of amides is 1. The van der Waals surface area contributed by atoms with Crippen LogP contribution in [0.3, 0.4) is 0 Å². The molecule has 3 atom stereocenters. The molecule has 9 heavy (non-hydrogen) atoms. The fraction of sp³-hybridized carbons (Fsp3) is 0.800. The minimum absolute atomic E-state index is 0.0301. The molecular formula is C5H9NO2S. The molecule has 0 aromatic carbocycles. The maximum absolute atomic E-state index is 10.8. The number of rotatable bonds is 0. The second kappa shape index (κ2) is 2.10. The van der Waals surface area contributed by atoms with Gasteiger partial charge in [0.2, 0.25) is 5.91 Å². The van der Waals surface area contributed by atoms with Crippen molar-refractivity contribution in [1.29, 1.82) is 0 Å². The second-order valence-corrected chi connectivity index (χ2v) is 3.80. The Morgan fingerprint density at radius 2 is 2.11 bits per heavy atom. The Kier molecular flexibility index (Phi) is 1.57. The topological polar surface area (TPSA) is 46.2 Å². The van der Waals surface area contributed by atoms with E-state index in [0.29, 0.717) is 0 Å². The zero-order valence-corrected chi connectivity index (χ0v) is 6.20. The van der Waals surface area contributed by atoms with Crippen LogP contribution in [0.5, 0.6) is 0 Å². The van der Waals surface area contributed by atoms with Gasteiger partial charge in [-0.1, -0.05) is 6.92 Å². The van der Waals surface area contributed by atoms with Crippen LogP contribution in [0.15, 0.2) is 0 Å². The summed E-state index contributed by atoms with van der Waals surface area (Å²) in [5.74, 6) is -0.188. The molecular weight excluding hydrogens is 138 g/mol. The number of carbonyl (C=O) groups excluding carboxylic acids is 1. The standard InChI is InChI=1S/C5H9NO2S/c1-3-4(2)9(8)6-5(3)7/h3-4H,1-2H3,(H,6,7). The molecule has 1 amide bonds. The summed E-state index contributed by atoms with van der Waals surface area (Å²) in [6, 6.07) is 0. The first-order valence-electron chi connectivity index (χ1n) is 2.84. The highest BCUT2D eigenvalue weighted by Crippen LogP contribution is 2.14. The zero-order valence-electron chi connectivity index (χ0n) is 5.38. The lowest BCUT2D eigenvalue weighted by Crippen LogP contribution is -2.17. The lowest BCUT2D eigenvalue weighted by molar-refractivity contribution is -0.121. The minimum Gasteiger partial charge on any atom is -0.275 e. The number of nitrogens with one attached hydrogen (secondary N) is 1. The second-order valence-electron chi connectivity index (χ2n) is 2.26. The highest BCUT2D eigenvalue weighted by atomic mass is 32.2. The number of hydrogen-bond donors (Lipinski definition) is 1. The summed E-state index contributed by atoms with van der Waals surface area (Å²) in [6.07, 6.45) is 0. The third-order valence-electron chi connectivity index (χ3n) is 1.66. The smallest absolute Gasteiger partial charge is 0.235 e. The molecule has 0 aromatic heterocycles. The average molecular weight is 147 g/mol. The molecule has 1 heterocycles. The van der Waals surface area contributed by atoms with Gasteiger partial charge >= 0.3 is 0 Å². The van der Waals surface area contributed by atoms with Crippen LogP contribution in [-0.2, 0) is 15.8 Å². The summed E-state index contributed by atoms with van der Waals surface area (Å²) >= 11 is 0. The first-order valence-corrected chi connectivity index (χ1v) is 4.05. The molecule has 1 aliphatic heterocycles. The van der Waals surface area contributed by atoms with Crippen LogP contribution < -0.4 is 4.72 Å². The Hall–Kier alpha value is -0.380. The van der Waals surface area contributed by atoms with Gasteiger partial charge in [0, 0.05) is 0 Å². The Labute approximate surface area is 56.4 Å². The van der Waals surface area contributed by atoms with Crippen LogP contribution in [0.1, 0.15) is 13.8 Å². The van der Waals surface area contributed by atoms with Gasteiger partial charge in [0.05, 0.1) is 11.2 Å². The van der Waals surface area contributed by atoms with Gasteiger partial charge in [-0.05, 0) is 6.92 Å². The third-order valence-corrected chi connectivity index (χ3v) is 3.14. The van der Waals surface area contributed by atoms with Crippen molar-refractivity contribution in [3.05, 3.63) is 0 Å². The van der Waals surface area contributed by atoms with E-state index in [1.165, 1.54) is 0 Å². The van der Waals surface area contributed by atoms with E-state index < -0.39 is 11.0 Å². The van der Waals surface area contributed by atoms with Crippen LogP contribution >= 0.6 is 0 Å². The van der Waals surface area contributed by atoms with E-state index in [2.05, 4.69) is 4.72 Å². The lowest BCUT2D eigenvalue weighted by Gasteiger charge is -1.99. The summed E-state index contributed by atoms with van der Waals surface area (Å²) in [4.78, 5) is 10.7. The zero-order chi connectivity index (χ0) is 7.02. The van der Waals surface area contributed by atoms with Crippen molar-refractivity contribution in [2.75, 3.05) is 0 Å². The van der Waals surface area contributed by atoms with Crippen molar-refractivity contribution in [3.8, 4) is 0 Å². The van der Waals surface area contributed by atoms with Gasteiger partial charge in [0.1, 0.15) is 11.0 Å². The van der Waals surface area contributed by atoms with Crippen molar-refractivity contribution >= 4 is 16.9 Å². The molecule has 0 bridgehead atoms. The summed E-state index contributed by atoms with van der Waals surface area (Å²) in [5, 5.41) is -0.0301. The Balaban J connectivity index is 2.77. The molecule has 0 radical (unpaired) electrons. The Morgan fingerprint density at radius 3 is 2.22 bits per heavy atom. The predicted octanol–water partition coefficient (Wildman–Crippen LogP) is -0.196. The van der Waals surface area contributed by atoms with E-state index in [9.17, 15) is 9.00 Å². The van der Waals surface area contributed by atoms with Gasteiger partial charge in [-0.15, -0.1) is 0 Å². The first-order chi connectivity index (χ1) is 4.13. The average Bonchev–Trinajstić information content (AvgIpc) is 1.98. The van der Waals surface area contributed by atoms with Crippen LogP contribution in [0.2, 0.25) is 0 Å². The SMILES string of the molecule is CC1C(=O)NS(=O)C1C. The summed E-state index contributed by atoms with van der Waals surface area (Å²) < 4.78 is 13.1. The molecule has 1 aliphatic rings. The van der Waals surface area contributed by atoms with E-state index in [1.807, 2.05) is 0 Å². The van der Waals surface area contributed by atoms with Crippen molar-refractivity contribution in [1.82, 2.24) is 4.72 Å². The van der Waals surface area contributed by atoms with Gasteiger partial charge in [-0.3, -0.25) is 9.52 Å². The molecule has 1 rings (SSSR count). The largest absolute Gasteiger partial charge is 0.275 e. The van der Waals surface area contributed by atoms with Crippen LogP contribution in [0, 0.1) is 5.92 Å². The van der Waals surface area contributed by atoms with E-state index in [-0.39, 0.29) is 17.1 Å². The summed E-state index contributed by atoms with van der Waals surface area (Å²) in [7, 11) is -1.13.